The van der Waals surface area contributed by atoms with Gasteiger partial charge in [0.05, 0.1) is 0 Å². The predicted octanol–water partition coefficient (Wildman–Crippen LogP) is 2.30. The first-order valence-corrected chi connectivity index (χ1v) is 5.04. The van der Waals surface area contributed by atoms with Crippen molar-refractivity contribution >= 4 is 17.4 Å². The molecule has 0 spiro atoms. The summed E-state index contributed by atoms with van der Waals surface area (Å²) in [5.41, 5.74) is 0. The molecule has 0 saturated carbocycles. The van der Waals surface area contributed by atoms with Crippen LogP contribution in [-0.4, -0.2) is 22.6 Å². The van der Waals surface area contributed by atoms with Crippen molar-refractivity contribution in [3.05, 3.63) is 18.3 Å². The second-order valence-corrected chi connectivity index (χ2v) is 3.16. The minimum absolute atomic E-state index is 0.755. The van der Waals surface area contributed by atoms with E-state index in [4.69, 9.17) is 11.6 Å². The molecule has 72 valence electrons. The molecule has 0 saturated heterocycles. The summed E-state index contributed by atoms with van der Waals surface area (Å²) in [4.78, 5) is 0. The highest BCUT2D eigenvalue weighted by atomic mass is 35.5. The summed E-state index contributed by atoms with van der Waals surface area (Å²) < 4.78 is 0. The lowest BCUT2D eigenvalue weighted by atomic mass is 10.2. The van der Waals surface area contributed by atoms with E-state index in [1.54, 1.807) is 6.20 Å². The number of rotatable bonds is 6. The first kappa shape index (κ1) is 10.3. The molecule has 4 heteroatoms. The van der Waals surface area contributed by atoms with E-state index < -0.39 is 0 Å². The van der Waals surface area contributed by atoms with E-state index in [9.17, 15) is 0 Å². The van der Waals surface area contributed by atoms with Gasteiger partial charge in [-0.3, -0.25) is 0 Å². The zero-order chi connectivity index (χ0) is 9.36. The van der Waals surface area contributed by atoms with Gasteiger partial charge in [0.2, 0.25) is 0 Å². The minimum Gasteiger partial charge on any atom is -0.369 e. The molecular weight excluding hydrogens is 186 g/mol. The maximum atomic E-state index is 5.55. The second kappa shape index (κ2) is 6.66. The molecule has 0 aliphatic carbocycles. The van der Waals surface area contributed by atoms with Crippen molar-refractivity contribution in [2.75, 3.05) is 17.7 Å². The highest BCUT2D eigenvalue weighted by Crippen LogP contribution is 2.00. The second-order valence-electron chi connectivity index (χ2n) is 2.79. The lowest BCUT2D eigenvalue weighted by Crippen LogP contribution is -2.03. The van der Waals surface area contributed by atoms with E-state index in [-0.39, 0.29) is 0 Å². The predicted molar refractivity (Wildman–Crippen MR) is 55.1 cm³/mol. The van der Waals surface area contributed by atoms with Gasteiger partial charge >= 0.3 is 0 Å². The normalized spacial score (nSPS) is 9.92. The van der Waals surface area contributed by atoms with Crippen LogP contribution in [0, 0.1) is 0 Å². The van der Waals surface area contributed by atoms with Gasteiger partial charge in [-0.15, -0.1) is 16.7 Å². The van der Waals surface area contributed by atoms with Crippen molar-refractivity contribution < 1.29 is 0 Å². The topological polar surface area (TPSA) is 37.8 Å². The fourth-order valence-corrected chi connectivity index (χ4v) is 1.20. The van der Waals surface area contributed by atoms with Gasteiger partial charge in [0, 0.05) is 18.6 Å². The number of aromatic nitrogens is 2. The molecule has 13 heavy (non-hydrogen) atoms. The van der Waals surface area contributed by atoms with Crippen LogP contribution in [0.3, 0.4) is 0 Å². The monoisotopic (exact) mass is 199 g/mol. The summed E-state index contributed by atoms with van der Waals surface area (Å²) in [7, 11) is 0. The first-order chi connectivity index (χ1) is 6.43. The largest absolute Gasteiger partial charge is 0.369 e. The van der Waals surface area contributed by atoms with Crippen molar-refractivity contribution in [1.29, 1.82) is 0 Å². The van der Waals surface area contributed by atoms with Crippen LogP contribution in [-0.2, 0) is 0 Å². The van der Waals surface area contributed by atoms with Gasteiger partial charge in [0.25, 0.3) is 0 Å². The van der Waals surface area contributed by atoms with E-state index in [1.165, 1.54) is 0 Å². The van der Waals surface area contributed by atoms with Gasteiger partial charge in [0.15, 0.2) is 0 Å². The number of hydrogen-bond donors (Lipinski definition) is 1. The van der Waals surface area contributed by atoms with Crippen LogP contribution in [0.15, 0.2) is 18.3 Å². The fourth-order valence-electron chi connectivity index (χ4n) is 1.01. The molecule has 1 heterocycles. The Morgan fingerprint density at radius 3 is 2.92 bits per heavy atom. The Kier molecular flexibility index (Phi) is 5.25. The van der Waals surface area contributed by atoms with Gasteiger partial charge in [-0.05, 0) is 25.0 Å². The summed E-state index contributed by atoms with van der Waals surface area (Å²) in [5, 5.41) is 10.9. The van der Waals surface area contributed by atoms with Crippen molar-refractivity contribution in [3.8, 4) is 0 Å². The molecule has 0 bridgehead atoms. The van der Waals surface area contributed by atoms with Crippen LogP contribution in [0.5, 0.6) is 0 Å². The Morgan fingerprint density at radius 1 is 1.31 bits per heavy atom. The van der Waals surface area contributed by atoms with Crippen LogP contribution in [0.1, 0.15) is 19.3 Å². The molecule has 0 atom stereocenters. The zero-order valence-electron chi connectivity index (χ0n) is 7.54. The molecule has 0 aromatic carbocycles. The molecular formula is C9H14ClN3. The first-order valence-electron chi connectivity index (χ1n) is 4.51. The Hall–Kier alpha value is -0.830. The molecule has 0 radical (unpaired) electrons. The fraction of sp³-hybridized carbons (Fsp3) is 0.556. The van der Waals surface area contributed by atoms with Gasteiger partial charge in [-0.1, -0.05) is 6.42 Å². The van der Waals surface area contributed by atoms with E-state index >= 15 is 0 Å². The molecule has 0 aliphatic heterocycles. The summed E-state index contributed by atoms with van der Waals surface area (Å²) in [6.07, 6.45) is 5.04. The lowest BCUT2D eigenvalue weighted by molar-refractivity contribution is 0.744. The molecule has 1 aromatic rings. The molecule has 0 aliphatic rings. The van der Waals surface area contributed by atoms with Gasteiger partial charge in [0.1, 0.15) is 5.82 Å². The Labute approximate surface area is 83.5 Å². The number of nitrogens with one attached hydrogen (secondary N) is 1. The molecule has 0 unspecified atom stereocenters. The van der Waals surface area contributed by atoms with Crippen LogP contribution >= 0.6 is 11.6 Å². The van der Waals surface area contributed by atoms with E-state index in [0.717, 1.165) is 37.5 Å². The van der Waals surface area contributed by atoms with Crippen molar-refractivity contribution in [2.45, 2.75) is 19.3 Å². The Bertz CT molecular complexity index is 215. The molecule has 0 amide bonds. The van der Waals surface area contributed by atoms with Crippen molar-refractivity contribution in [3.63, 3.8) is 0 Å². The minimum atomic E-state index is 0.755. The summed E-state index contributed by atoms with van der Waals surface area (Å²) in [6, 6.07) is 3.78. The van der Waals surface area contributed by atoms with Crippen molar-refractivity contribution in [2.24, 2.45) is 0 Å². The van der Waals surface area contributed by atoms with Crippen LogP contribution in [0.2, 0.25) is 0 Å². The molecule has 1 aromatic heterocycles. The van der Waals surface area contributed by atoms with Gasteiger partial charge in [-0.25, -0.2) is 0 Å². The van der Waals surface area contributed by atoms with Gasteiger partial charge in [-0.2, -0.15) is 5.10 Å². The molecule has 1 rings (SSSR count). The number of halogens is 1. The summed E-state index contributed by atoms with van der Waals surface area (Å²) in [5.74, 6) is 1.60. The maximum absolute atomic E-state index is 5.55. The van der Waals surface area contributed by atoms with E-state index in [0.29, 0.717) is 0 Å². The van der Waals surface area contributed by atoms with Crippen LogP contribution in [0.25, 0.3) is 0 Å². The number of alkyl halides is 1. The number of nitrogens with zero attached hydrogens (tertiary/aromatic N) is 2. The molecule has 3 nitrogen and oxygen atoms in total. The highest BCUT2D eigenvalue weighted by Gasteiger charge is 1.91. The van der Waals surface area contributed by atoms with Gasteiger partial charge < -0.3 is 5.32 Å². The maximum Gasteiger partial charge on any atom is 0.148 e. The van der Waals surface area contributed by atoms with Crippen LogP contribution in [0.4, 0.5) is 5.82 Å². The molecule has 1 N–H and O–H groups in total. The van der Waals surface area contributed by atoms with E-state index in [1.807, 2.05) is 12.1 Å². The smallest absolute Gasteiger partial charge is 0.148 e. The SMILES string of the molecule is ClCCCCCNc1cccnn1. The Balaban J connectivity index is 2.07. The van der Waals surface area contributed by atoms with Crippen LogP contribution < -0.4 is 5.32 Å². The number of unbranched alkanes of at least 4 members (excludes halogenated alkanes) is 2. The molecule has 0 fully saturated rings. The van der Waals surface area contributed by atoms with Crippen molar-refractivity contribution in [1.82, 2.24) is 10.2 Å². The Morgan fingerprint density at radius 2 is 2.23 bits per heavy atom. The third kappa shape index (κ3) is 4.68. The third-order valence-corrected chi connectivity index (χ3v) is 1.96. The summed E-state index contributed by atoms with van der Waals surface area (Å²) >= 11 is 5.55. The number of anilines is 1. The standard InChI is InChI=1S/C9H14ClN3/c10-6-2-1-3-7-11-9-5-4-8-12-13-9/h4-5,8H,1-3,6-7H2,(H,11,13). The lowest BCUT2D eigenvalue weighted by Gasteiger charge is -2.02. The average molecular weight is 200 g/mol. The third-order valence-electron chi connectivity index (χ3n) is 1.69. The average Bonchev–Trinajstić information content (AvgIpc) is 2.19. The zero-order valence-corrected chi connectivity index (χ0v) is 8.30. The van der Waals surface area contributed by atoms with E-state index in [2.05, 4.69) is 15.5 Å². The quantitative estimate of drug-likeness (QED) is 0.565. The summed E-state index contributed by atoms with van der Waals surface area (Å²) in [6.45, 7) is 0.940. The highest BCUT2D eigenvalue weighted by molar-refractivity contribution is 6.17. The number of hydrogen-bond acceptors (Lipinski definition) is 3.